The molecule has 0 radical (unpaired) electrons. The zero-order valence-corrected chi connectivity index (χ0v) is 11.8. The Hall–Kier alpha value is -1.84. The molecule has 2 amide bonds. The van der Waals surface area contributed by atoms with Crippen molar-refractivity contribution in [2.24, 2.45) is 0 Å². The first-order valence-corrected chi connectivity index (χ1v) is 6.60. The van der Waals surface area contributed by atoms with E-state index < -0.39 is 6.04 Å². The first-order chi connectivity index (χ1) is 8.99. The van der Waals surface area contributed by atoms with E-state index in [0.717, 1.165) is 12.8 Å². The van der Waals surface area contributed by atoms with Crippen LogP contribution in [0.4, 0.5) is 0 Å². The van der Waals surface area contributed by atoms with Crippen molar-refractivity contribution in [3.63, 3.8) is 0 Å². The third kappa shape index (κ3) is 6.04. The maximum absolute atomic E-state index is 11.8. The van der Waals surface area contributed by atoms with Crippen LogP contribution in [0, 0.1) is 0 Å². The van der Waals surface area contributed by atoms with Gasteiger partial charge in [-0.1, -0.05) is 30.3 Å². The molecule has 0 aromatic heterocycles. The number of hydrogen-bond donors (Lipinski definition) is 2. The predicted molar refractivity (Wildman–Crippen MR) is 75.6 cm³/mol. The summed E-state index contributed by atoms with van der Waals surface area (Å²) in [5.74, 6) is -0.338. The van der Waals surface area contributed by atoms with E-state index >= 15 is 0 Å². The molecule has 4 heteroatoms. The molecular weight excluding hydrogens is 240 g/mol. The van der Waals surface area contributed by atoms with Crippen LogP contribution in [0.15, 0.2) is 30.3 Å². The molecule has 0 spiro atoms. The van der Waals surface area contributed by atoms with Gasteiger partial charge >= 0.3 is 0 Å². The van der Waals surface area contributed by atoms with Gasteiger partial charge in [0.1, 0.15) is 6.04 Å². The molecule has 0 saturated carbocycles. The topological polar surface area (TPSA) is 58.2 Å². The third-order valence-electron chi connectivity index (χ3n) is 2.91. The lowest BCUT2D eigenvalue weighted by atomic mass is 10.1. The minimum atomic E-state index is -0.489. The van der Waals surface area contributed by atoms with Gasteiger partial charge in [-0.25, -0.2) is 0 Å². The fraction of sp³-hybridized carbons (Fsp3) is 0.467. The Morgan fingerprint density at radius 1 is 1.11 bits per heavy atom. The van der Waals surface area contributed by atoms with Crippen LogP contribution < -0.4 is 10.6 Å². The lowest BCUT2D eigenvalue weighted by Crippen LogP contribution is -2.46. The first kappa shape index (κ1) is 15.2. The minimum Gasteiger partial charge on any atom is -0.352 e. The van der Waals surface area contributed by atoms with Gasteiger partial charge in [-0.2, -0.15) is 0 Å². The maximum Gasteiger partial charge on any atom is 0.242 e. The van der Waals surface area contributed by atoms with Crippen molar-refractivity contribution in [1.29, 1.82) is 0 Å². The first-order valence-electron chi connectivity index (χ1n) is 6.60. The van der Waals surface area contributed by atoms with Crippen molar-refractivity contribution in [2.45, 2.75) is 45.7 Å². The number of benzene rings is 1. The second kappa shape index (κ2) is 7.56. The Bertz CT molecular complexity index is 417. The van der Waals surface area contributed by atoms with E-state index in [9.17, 15) is 9.59 Å². The molecule has 104 valence electrons. The Morgan fingerprint density at radius 3 is 2.32 bits per heavy atom. The second-order valence-electron chi connectivity index (χ2n) is 4.86. The largest absolute Gasteiger partial charge is 0.352 e. The number of nitrogens with one attached hydrogen (secondary N) is 2. The summed E-state index contributed by atoms with van der Waals surface area (Å²) < 4.78 is 0. The highest BCUT2D eigenvalue weighted by Gasteiger charge is 2.15. The fourth-order valence-electron chi connectivity index (χ4n) is 1.84. The van der Waals surface area contributed by atoms with Crippen LogP contribution in [-0.2, 0) is 16.0 Å². The van der Waals surface area contributed by atoms with E-state index in [1.165, 1.54) is 12.5 Å². The fourth-order valence-corrected chi connectivity index (χ4v) is 1.84. The summed E-state index contributed by atoms with van der Waals surface area (Å²) in [5.41, 5.74) is 1.26. The lowest BCUT2D eigenvalue weighted by molar-refractivity contribution is -0.128. The molecule has 2 atom stereocenters. The highest BCUT2D eigenvalue weighted by atomic mass is 16.2. The monoisotopic (exact) mass is 262 g/mol. The smallest absolute Gasteiger partial charge is 0.242 e. The summed E-state index contributed by atoms with van der Waals surface area (Å²) in [4.78, 5) is 22.6. The molecule has 1 rings (SSSR count). The highest BCUT2D eigenvalue weighted by Crippen LogP contribution is 2.04. The molecule has 0 fully saturated rings. The molecule has 0 aliphatic rings. The Balaban J connectivity index is 2.32. The predicted octanol–water partition coefficient (Wildman–Crippen LogP) is 1.65. The van der Waals surface area contributed by atoms with E-state index in [0.29, 0.717) is 0 Å². The SMILES string of the molecule is CC(=O)NC(C)C(=O)NC(C)CCc1ccccc1. The van der Waals surface area contributed by atoms with Crippen LogP contribution >= 0.6 is 0 Å². The summed E-state index contributed by atoms with van der Waals surface area (Å²) in [6.07, 6.45) is 1.80. The quantitative estimate of drug-likeness (QED) is 0.819. The van der Waals surface area contributed by atoms with Crippen LogP contribution in [-0.4, -0.2) is 23.9 Å². The standard InChI is InChI=1S/C15H22N2O2/c1-11(9-10-14-7-5-4-6-8-14)16-15(19)12(2)17-13(3)18/h4-8,11-12H,9-10H2,1-3H3,(H,16,19)(H,17,18). The van der Waals surface area contributed by atoms with Gasteiger partial charge in [0.05, 0.1) is 0 Å². The van der Waals surface area contributed by atoms with E-state index in [-0.39, 0.29) is 17.9 Å². The summed E-state index contributed by atoms with van der Waals surface area (Å²) in [6.45, 7) is 5.06. The minimum absolute atomic E-state index is 0.0870. The summed E-state index contributed by atoms with van der Waals surface area (Å²) in [5, 5.41) is 5.47. The van der Waals surface area contributed by atoms with Crippen molar-refractivity contribution in [2.75, 3.05) is 0 Å². The van der Waals surface area contributed by atoms with Gasteiger partial charge in [0.25, 0.3) is 0 Å². The second-order valence-corrected chi connectivity index (χ2v) is 4.86. The molecule has 0 aliphatic carbocycles. The number of carbonyl (C=O) groups is 2. The summed E-state index contributed by atoms with van der Waals surface area (Å²) in [6, 6.07) is 9.77. The van der Waals surface area contributed by atoms with Crippen LogP contribution in [0.1, 0.15) is 32.8 Å². The number of aryl methyl sites for hydroxylation is 1. The van der Waals surface area contributed by atoms with Gasteiger partial charge in [-0.05, 0) is 32.3 Å². The molecule has 2 unspecified atom stereocenters. The average Bonchev–Trinajstić information content (AvgIpc) is 2.36. The van der Waals surface area contributed by atoms with Gasteiger partial charge in [0, 0.05) is 13.0 Å². The van der Waals surface area contributed by atoms with Crippen LogP contribution in [0.3, 0.4) is 0 Å². The molecule has 1 aromatic rings. The van der Waals surface area contributed by atoms with Crippen molar-refractivity contribution in [3.05, 3.63) is 35.9 Å². The zero-order chi connectivity index (χ0) is 14.3. The van der Waals surface area contributed by atoms with E-state index in [1.54, 1.807) is 6.92 Å². The average molecular weight is 262 g/mol. The molecule has 0 heterocycles. The van der Waals surface area contributed by atoms with Crippen molar-refractivity contribution < 1.29 is 9.59 Å². The molecule has 4 nitrogen and oxygen atoms in total. The molecular formula is C15H22N2O2. The van der Waals surface area contributed by atoms with E-state index in [4.69, 9.17) is 0 Å². The Morgan fingerprint density at radius 2 is 1.74 bits per heavy atom. The third-order valence-corrected chi connectivity index (χ3v) is 2.91. The van der Waals surface area contributed by atoms with Gasteiger partial charge in [-0.15, -0.1) is 0 Å². The summed E-state index contributed by atoms with van der Waals surface area (Å²) in [7, 11) is 0. The van der Waals surface area contributed by atoms with Gasteiger partial charge in [-0.3, -0.25) is 9.59 Å². The van der Waals surface area contributed by atoms with Gasteiger partial charge in [0.15, 0.2) is 0 Å². The highest BCUT2D eigenvalue weighted by molar-refractivity contribution is 5.86. The normalized spacial score (nSPS) is 13.4. The number of hydrogen-bond acceptors (Lipinski definition) is 2. The van der Waals surface area contributed by atoms with Gasteiger partial charge in [0.2, 0.25) is 11.8 Å². The summed E-state index contributed by atoms with van der Waals surface area (Å²) >= 11 is 0. The van der Waals surface area contributed by atoms with Crippen molar-refractivity contribution in [1.82, 2.24) is 10.6 Å². The molecule has 0 bridgehead atoms. The van der Waals surface area contributed by atoms with Crippen LogP contribution in [0.25, 0.3) is 0 Å². The molecule has 1 aromatic carbocycles. The molecule has 2 N–H and O–H groups in total. The van der Waals surface area contributed by atoms with Crippen molar-refractivity contribution >= 4 is 11.8 Å². The Labute approximate surface area is 114 Å². The molecule has 0 aliphatic heterocycles. The lowest BCUT2D eigenvalue weighted by Gasteiger charge is -2.18. The van der Waals surface area contributed by atoms with E-state index in [2.05, 4.69) is 22.8 Å². The Kier molecular flexibility index (Phi) is 6.06. The molecule has 0 saturated heterocycles. The number of carbonyl (C=O) groups excluding carboxylic acids is 2. The zero-order valence-electron chi connectivity index (χ0n) is 11.8. The van der Waals surface area contributed by atoms with E-state index in [1.807, 2.05) is 25.1 Å². The maximum atomic E-state index is 11.8. The number of amides is 2. The van der Waals surface area contributed by atoms with Gasteiger partial charge < -0.3 is 10.6 Å². The van der Waals surface area contributed by atoms with Crippen LogP contribution in [0.2, 0.25) is 0 Å². The van der Waals surface area contributed by atoms with Crippen LogP contribution in [0.5, 0.6) is 0 Å². The molecule has 19 heavy (non-hydrogen) atoms. The van der Waals surface area contributed by atoms with Crippen molar-refractivity contribution in [3.8, 4) is 0 Å². The number of rotatable bonds is 6.